The number of hydrogen-bond acceptors (Lipinski definition) is 5. The van der Waals surface area contributed by atoms with E-state index in [2.05, 4.69) is 4.72 Å². The van der Waals surface area contributed by atoms with E-state index >= 15 is 0 Å². The van der Waals surface area contributed by atoms with Gasteiger partial charge < -0.3 is 5.73 Å². The first-order chi connectivity index (χ1) is 9.79. The number of nitrogen functional groups attached to an aromatic ring is 1. The van der Waals surface area contributed by atoms with Crippen molar-refractivity contribution in [3.63, 3.8) is 0 Å². The highest BCUT2D eigenvalue weighted by molar-refractivity contribution is 7.92. The predicted molar refractivity (Wildman–Crippen MR) is 79.8 cm³/mol. The topological polar surface area (TPSA) is 115 Å². The number of rotatable bonds is 4. The first-order valence-corrected chi connectivity index (χ1v) is 7.48. The minimum atomic E-state index is -3.97. The number of nitro benzene ring substituents is 1. The molecule has 7 nitrogen and oxygen atoms in total. The molecule has 0 aliphatic rings. The van der Waals surface area contributed by atoms with Gasteiger partial charge in [0.2, 0.25) is 0 Å². The Balaban J connectivity index is 2.40. The van der Waals surface area contributed by atoms with Crippen LogP contribution in [0.25, 0.3) is 0 Å². The molecule has 2 aromatic carbocycles. The number of nitrogens with two attached hydrogens (primary N) is 1. The second kappa shape index (κ2) is 5.58. The fraction of sp³-hybridized carbons (Fsp3) is 0. The lowest BCUT2D eigenvalue weighted by Gasteiger charge is -2.08. The van der Waals surface area contributed by atoms with Crippen molar-refractivity contribution in [2.45, 2.75) is 4.90 Å². The summed E-state index contributed by atoms with van der Waals surface area (Å²) in [4.78, 5) is 9.79. The molecule has 0 saturated carbocycles. The van der Waals surface area contributed by atoms with Crippen molar-refractivity contribution in [1.29, 1.82) is 0 Å². The monoisotopic (exact) mass is 327 g/mol. The average Bonchev–Trinajstić information content (AvgIpc) is 2.38. The van der Waals surface area contributed by atoms with Crippen LogP contribution in [0.1, 0.15) is 0 Å². The van der Waals surface area contributed by atoms with Crippen molar-refractivity contribution in [3.05, 3.63) is 57.6 Å². The second-order valence-electron chi connectivity index (χ2n) is 4.09. The van der Waals surface area contributed by atoms with E-state index in [1.165, 1.54) is 24.3 Å². The quantitative estimate of drug-likeness (QED) is 0.508. The maximum atomic E-state index is 12.2. The van der Waals surface area contributed by atoms with E-state index < -0.39 is 20.6 Å². The molecule has 0 heterocycles. The fourth-order valence-corrected chi connectivity index (χ4v) is 2.87. The Morgan fingerprint density at radius 1 is 1.19 bits per heavy atom. The Hall–Kier alpha value is -2.32. The van der Waals surface area contributed by atoms with Gasteiger partial charge in [-0.1, -0.05) is 17.7 Å². The molecule has 0 amide bonds. The lowest BCUT2D eigenvalue weighted by molar-refractivity contribution is -0.384. The van der Waals surface area contributed by atoms with Crippen molar-refractivity contribution in [1.82, 2.24) is 0 Å². The molecule has 0 atom stereocenters. The van der Waals surface area contributed by atoms with E-state index in [9.17, 15) is 18.5 Å². The van der Waals surface area contributed by atoms with E-state index in [1.54, 1.807) is 12.1 Å². The van der Waals surface area contributed by atoms with Gasteiger partial charge in [0.1, 0.15) is 5.69 Å². The fourth-order valence-electron chi connectivity index (χ4n) is 1.61. The Labute approximate surface area is 125 Å². The van der Waals surface area contributed by atoms with Crippen LogP contribution in [0.5, 0.6) is 0 Å². The van der Waals surface area contributed by atoms with Gasteiger partial charge in [0, 0.05) is 11.1 Å². The van der Waals surface area contributed by atoms with Crippen LogP contribution in [-0.4, -0.2) is 13.3 Å². The molecule has 21 heavy (non-hydrogen) atoms. The van der Waals surface area contributed by atoms with E-state index in [1.807, 2.05) is 0 Å². The molecule has 0 aliphatic carbocycles. The highest BCUT2D eigenvalue weighted by atomic mass is 35.5. The number of nitro groups is 1. The predicted octanol–water partition coefficient (Wildman–Crippen LogP) is 2.63. The van der Waals surface area contributed by atoms with Crippen molar-refractivity contribution >= 4 is 38.7 Å². The summed E-state index contributed by atoms with van der Waals surface area (Å²) < 4.78 is 26.6. The number of nitrogens with zero attached hydrogens (tertiary/aromatic N) is 1. The molecule has 110 valence electrons. The normalized spacial score (nSPS) is 11.1. The van der Waals surface area contributed by atoms with Crippen molar-refractivity contribution in [2.24, 2.45) is 0 Å². The SMILES string of the molecule is Nc1ccc(S(=O)(=O)Nc2cccc(Cl)c2)cc1[N+](=O)[O-]. The molecule has 3 N–H and O–H groups in total. The first-order valence-electron chi connectivity index (χ1n) is 5.62. The molecule has 2 aromatic rings. The maximum absolute atomic E-state index is 12.2. The Morgan fingerprint density at radius 2 is 1.90 bits per heavy atom. The summed E-state index contributed by atoms with van der Waals surface area (Å²) in [5.41, 5.74) is 5.11. The van der Waals surface area contributed by atoms with Gasteiger partial charge in [0.05, 0.1) is 15.5 Å². The molecule has 0 spiro atoms. The highest BCUT2D eigenvalue weighted by Gasteiger charge is 2.20. The third kappa shape index (κ3) is 3.41. The lowest BCUT2D eigenvalue weighted by Crippen LogP contribution is -2.13. The zero-order valence-electron chi connectivity index (χ0n) is 10.5. The third-order valence-corrected chi connectivity index (χ3v) is 4.20. The van der Waals surface area contributed by atoms with Gasteiger partial charge >= 0.3 is 0 Å². The smallest absolute Gasteiger partial charge is 0.293 e. The van der Waals surface area contributed by atoms with Crippen LogP contribution in [0.4, 0.5) is 17.1 Å². The van der Waals surface area contributed by atoms with Crippen LogP contribution in [0.15, 0.2) is 47.4 Å². The maximum Gasteiger partial charge on any atom is 0.293 e. The number of nitrogens with one attached hydrogen (secondary N) is 1. The standard InChI is InChI=1S/C12H10ClN3O4S/c13-8-2-1-3-9(6-8)15-21(19,20)10-4-5-11(14)12(7-10)16(17)18/h1-7,15H,14H2. The van der Waals surface area contributed by atoms with Gasteiger partial charge in [0.15, 0.2) is 0 Å². The summed E-state index contributed by atoms with van der Waals surface area (Å²) in [6.45, 7) is 0. The van der Waals surface area contributed by atoms with Crippen molar-refractivity contribution in [3.8, 4) is 0 Å². The van der Waals surface area contributed by atoms with Gasteiger partial charge in [-0.15, -0.1) is 0 Å². The van der Waals surface area contributed by atoms with Gasteiger partial charge in [-0.05, 0) is 30.3 Å². The zero-order valence-corrected chi connectivity index (χ0v) is 12.1. The zero-order chi connectivity index (χ0) is 15.6. The first kappa shape index (κ1) is 15.1. The molecule has 2 rings (SSSR count). The summed E-state index contributed by atoms with van der Waals surface area (Å²) >= 11 is 5.77. The highest BCUT2D eigenvalue weighted by Crippen LogP contribution is 2.26. The summed E-state index contributed by atoms with van der Waals surface area (Å²) in [5.74, 6) is 0. The Kier molecular flexibility index (Phi) is 4.01. The molecular formula is C12H10ClN3O4S. The van der Waals surface area contributed by atoms with Gasteiger partial charge in [0.25, 0.3) is 15.7 Å². The summed E-state index contributed by atoms with van der Waals surface area (Å²) in [6.07, 6.45) is 0. The van der Waals surface area contributed by atoms with Crippen LogP contribution in [0, 0.1) is 10.1 Å². The number of sulfonamides is 1. The van der Waals surface area contributed by atoms with E-state index in [-0.39, 0.29) is 16.3 Å². The van der Waals surface area contributed by atoms with Crippen LogP contribution >= 0.6 is 11.6 Å². The number of benzene rings is 2. The molecule has 0 saturated heterocycles. The third-order valence-electron chi connectivity index (χ3n) is 2.59. The van der Waals surface area contributed by atoms with Crippen LogP contribution in [0.3, 0.4) is 0 Å². The molecule has 0 bridgehead atoms. The van der Waals surface area contributed by atoms with Gasteiger partial charge in [-0.2, -0.15) is 0 Å². The Morgan fingerprint density at radius 3 is 2.52 bits per heavy atom. The summed E-state index contributed by atoms with van der Waals surface area (Å²) in [5, 5.41) is 11.2. The minimum absolute atomic E-state index is 0.110. The molecule has 0 unspecified atom stereocenters. The van der Waals surface area contributed by atoms with E-state index in [0.717, 1.165) is 6.07 Å². The largest absolute Gasteiger partial charge is 0.393 e. The number of halogens is 1. The van der Waals surface area contributed by atoms with Crippen molar-refractivity contribution in [2.75, 3.05) is 10.5 Å². The second-order valence-corrected chi connectivity index (χ2v) is 6.21. The summed E-state index contributed by atoms with van der Waals surface area (Å²) in [6, 6.07) is 9.36. The number of anilines is 2. The van der Waals surface area contributed by atoms with Crippen LogP contribution in [0.2, 0.25) is 5.02 Å². The minimum Gasteiger partial charge on any atom is -0.393 e. The molecular weight excluding hydrogens is 318 g/mol. The lowest BCUT2D eigenvalue weighted by atomic mass is 10.3. The van der Waals surface area contributed by atoms with Crippen LogP contribution < -0.4 is 10.5 Å². The van der Waals surface area contributed by atoms with Crippen molar-refractivity contribution < 1.29 is 13.3 Å². The van der Waals surface area contributed by atoms with Gasteiger partial charge in [-0.25, -0.2) is 8.42 Å². The van der Waals surface area contributed by atoms with Crippen LogP contribution in [-0.2, 0) is 10.0 Å². The Bertz CT molecular complexity index is 808. The summed E-state index contributed by atoms with van der Waals surface area (Å²) in [7, 11) is -3.97. The van der Waals surface area contributed by atoms with E-state index in [4.69, 9.17) is 17.3 Å². The van der Waals surface area contributed by atoms with E-state index in [0.29, 0.717) is 5.02 Å². The number of hydrogen-bond donors (Lipinski definition) is 2. The average molecular weight is 328 g/mol. The molecule has 0 aliphatic heterocycles. The molecule has 0 aromatic heterocycles. The molecule has 9 heteroatoms. The molecule has 0 fully saturated rings. The molecule has 0 radical (unpaired) electrons. The van der Waals surface area contributed by atoms with Gasteiger partial charge in [-0.3, -0.25) is 14.8 Å².